The fourth-order valence-corrected chi connectivity index (χ4v) is 2.76. The number of rotatable bonds is 9. The van der Waals surface area contributed by atoms with Gasteiger partial charge >= 0.3 is 5.91 Å². The number of nitrogens with zero attached hydrogens (tertiary/aromatic N) is 3. The van der Waals surface area contributed by atoms with E-state index in [1.165, 1.54) is 12.8 Å². The average molecular weight is 308 g/mol. The lowest BCUT2D eigenvalue weighted by Crippen LogP contribution is -2.33. The summed E-state index contributed by atoms with van der Waals surface area (Å²) in [5.74, 6) is -1.05. The van der Waals surface area contributed by atoms with Crippen molar-refractivity contribution < 1.29 is 9.59 Å². The SMILES string of the molecule is CCCCCCC(C(=O)N=C1N=NNC1=O)C(C)(CC)CC. The first kappa shape index (κ1) is 18.5. The van der Waals surface area contributed by atoms with Crippen LogP contribution in [-0.4, -0.2) is 17.6 Å². The summed E-state index contributed by atoms with van der Waals surface area (Å²) in [6.07, 6.45) is 7.12. The van der Waals surface area contributed by atoms with E-state index in [-0.39, 0.29) is 23.1 Å². The van der Waals surface area contributed by atoms with Crippen molar-refractivity contribution in [3.05, 3.63) is 0 Å². The summed E-state index contributed by atoms with van der Waals surface area (Å²) in [7, 11) is 0. The minimum absolute atomic E-state index is 0.0976. The average Bonchev–Trinajstić information content (AvgIpc) is 2.91. The molecule has 0 aliphatic carbocycles. The van der Waals surface area contributed by atoms with Crippen molar-refractivity contribution in [2.45, 2.75) is 72.6 Å². The lowest BCUT2D eigenvalue weighted by Gasteiger charge is -2.34. The van der Waals surface area contributed by atoms with Crippen molar-refractivity contribution in [2.24, 2.45) is 26.7 Å². The van der Waals surface area contributed by atoms with E-state index >= 15 is 0 Å². The molecule has 0 aromatic rings. The Morgan fingerprint density at radius 3 is 2.41 bits per heavy atom. The molecule has 6 heteroatoms. The smallest absolute Gasteiger partial charge is 0.272 e. The maximum Gasteiger partial charge on any atom is 0.312 e. The highest BCUT2D eigenvalue weighted by Crippen LogP contribution is 2.38. The molecule has 2 amide bonds. The van der Waals surface area contributed by atoms with Crippen LogP contribution < -0.4 is 5.43 Å². The van der Waals surface area contributed by atoms with Gasteiger partial charge in [-0.05, 0) is 24.7 Å². The van der Waals surface area contributed by atoms with Crippen LogP contribution in [0.15, 0.2) is 15.3 Å². The van der Waals surface area contributed by atoms with Gasteiger partial charge in [0.15, 0.2) is 0 Å². The third-order valence-electron chi connectivity index (χ3n) is 4.82. The molecule has 1 unspecified atom stereocenters. The number of unbranched alkanes of at least 4 members (excludes halogenated alkanes) is 3. The molecule has 1 aliphatic rings. The van der Waals surface area contributed by atoms with Crippen LogP contribution in [0.3, 0.4) is 0 Å². The van der Waals surface area contributed by atoms with Crippen molar-refractivity contribution >= 4 is 17.6 Å². The topological polar surface area (TPSA) is 83.2 Å². The summed E-state index contributed by atoms with van der Waals surface area (Å²) >= 11 is 0. The van der Waals surface area contributed by atoms with Gasteiger partial charge in [0.2, 0.25) is 5.84 Å². The molecular weight excluding hydrogens is 280 g/mol. The van der Waals surface area contributed by atoms with E-state index in [9.17, 15) is 9.59 Å². The van der Waals surface area contributed by atoms with Crippen molar-refractivity contribution in [3.63, 3.8) is 0 Å². The third-order valence-corrected chi connectivity index (χ3v) is 4.82. The first-order valence-electron chi connectivity index (χ1n) is 8.32. The Bertz CT molecular complexity index is 453. The Balaban J connectivity index is 2.86. The normalized spacial score (nSPS) is 17.8. The lowest BCUT2D eigenvalue weighted by molar-refractivity contribution is -0.126. The second-order valence-corrected chi connectivity index (χ2v) is 6.18. The standard InChI is InChI=1S/C16H28N4O2/c1-5-8-9-10-11-12(16(4,6-2)7-3)14(21)17-13-15(22)19-20-18-13/h12H,5-11H2,1-4H3,(H,17,18,19,21,22). The number of hydrogen-bond acceptors (Lipinski definition) is 3. The Kier molecular flexibility index (Phi) is 7.35. The van der Waals surface area contributed by atoms with E-state index in [1.807, 2.05) is 0 Å². The number of amidine groups is 1. The van der Waals surface area contributed by atoms with Gasteiger partial charge < -0.3 is 0 Å². The van der Waals surface area contributed by atoms with Crippen LogP contribution in [0.2, 0.25) is 0 Å². The monoisotopic (exact) mass is 308 g/mol. The van der Waals surface area contributed by atoms with Gasteiger partial charge in [-0.3, -0.25) is 9.59 Å². The van der Waals surface area contributed by atoms with Crippen LogP contribution >= 0.6 is 0 Å². The first-order chi connectivity index (χ1) is 10.5. The summed E-state index contributed by atoms with van der Waals surface area (Å²) in [5.41, 5.74) is 2.08. The van der Waals surface area contributed by atoms with Crippen LogP contribution in [-0.2, 0) is 9.59 Å². The van der Waals surface area contributed by atoms with Gasteiger partial charge in [-0.25, -0.2) is 5.43 Å². The first-order valence-corrected chi connectivity index (χ1v) is 8.32. The maximum absolute atomic E-state index is 12.6. The van der Waals surface area contributed by atoms with Crippen molar-refractivity contribution in [2.75, 3.05) is 0 Å². The summed E-state index contributed by atoms with van der Waals surface area (Å²) in [4.78, 5) is 28.0. The van der Waals surface area contributed by atoms with Crippen LogP contribution in [0.1, 0.15) is 72.6 Å². The molecule has 0 saturated carbocycles. The molecule has 22 heavy (non-hydrogen) atoms. The molecule has 1 rings (SSSR count). The second-order valence-electron chi connectivity index (χ2n) is 6.18. The number of aliphatic imine (C=N–C) groups is 1. The molecular formula is C16H28N4O2. The zero-order valence-corrected chi connectivity index (χ0v) is 14.2. The second kappa shape index (κ2) is 8.76. The van der Waals surface area contributed by atoms with Crippen LogP contribution in [0.4, 0.5) is 0 Å². The van der Waals surface area contributed by atoms with Crippen molar-refractivity contribution in [1.82, 2.24) is 5.43 Å². The molecule has 1 aliphatic heterocycles. The highest BCUT2D eigenvalue weighted by atomic mass is 16.2. The zero-order chi connectivity index (χ0) is 16.6. The molecule has 0 fully saturated rings. The lowest BCUT2D eigenvalue weighted by atomic mass is 9.70. The minimum atomic E-state index is -0.507. The molecule has 0 aromatic carbocycles. The van der Waals surface area contributed by atoms with Gasteiger partial charge in [-0.1, -0.05) is 58.6 Å². The van der Waals surface area contributed by atoms with Crippen molar-refractivity contribution in [3.8, 4) is 0 Å². The number of nitrogens with one attached hydrogen (secondary N) is 1. The molecule has 124 valence electrons. The van der Waals surface area contributed by atoms with Gasteiger partial charge in [-0.15, -0.1) is 5.11 Å². The summed E-state index contributed by atoms with van der Waals surface area (Å²) in [6, 6.07) is 0. The number of hydrogen-bond donors (Lipinski definition) is 1. The molecule has 0 aromatic heterocycles. The van der Waals surface area contributed by atoms with Crippen LogP contribution in [0, 0.1) is 11.3 Å². The largest absolute Gasteiger partial charge is 0.312 e. The third kappa shape index (κ3) is 4.71. The van der Waals surface area contributed by atoms with Crippen LogP contribution in [0.25, 0.3) is 0 Å². The van der Waals surface area contributed by atoms with E-state index in [1.54, 1.807) is 0 Å². The van der Waals surface area contributed by atoms with E-state index in [0.29, 0.717) is 0 Å². The van der Waals surface area contributed by atoms with Crippen LogP contribution in [0.5, 0.6) is 0 Å². The van der Waals surface area contributed by atoms with Gasteiger partial charge in [0.25, 0.3) is 5.91 Å². The van der Waals surface area contributed by atoms with E-state index in [0.717, 1.165) is 32.1 Å². The molecule has 0 spiro atoms. The summed E-state index contributed by atoms with van der Waals surface area (Å²) in [5, 5.41) is 6.97. The zero-order valence-electron chi connectivity index (χ0n) is 14.2. The highest BCUT2D eigenvalue weighted by molar-refractivity contribution is 6.40. The number of carbonyl (C=O) groups is 2. The Morgan fingerprint density at radius 2 is 1.91 bits per heavy atom. The van der Waals surface area contributed by atoms with E-state index in [2.05, 4.69) is 48.5 Å². The minimum Gasteiger partial charge on any atom is -0.272 e. The highest BCUT2D eigenvalue weighted by Gasteiger charge is 2.36. The fourth-order valence-electron chi connectivity index (χ4n) is 2.76. The molecule has 1 heterocycles. The number of amides is 2. The Morgan fingerprint density at radius 1 is 1.23 bits per heavy atom. The molecule has 0 radical (unpaired) electrons. The van der Waals surface area contributed by atoms with Gasteiger partial charge in [0, 0.05) is 5.92 Å². The summed E-state index contributed by atoms with van der Waals surface area (Å²) < 4.78 is 0. The van der Waals surface area contributed by atoms with E-state index < -0.39 is 5.91 Å². The fraction of sp³-hybridized carbons (Fsp3) is 0.812. The van der Waals surface area contributed by atoms with Gasteiger partial charge in [-0.2, -0.15) is 4.99 Å². The molecule has 0 saturated heterocycles. The van der Waals surface area contributed by atoms with Gasteiger partial charge in [0.05, 0.1) is 0 Å². The predicted octanol–water partition coefficient (Wildman–Crippen LogP) is 3.82. The molecule has 1 N–H and O–H groups in total. The van der Waals surface area contributed by atoms with Gasteiger partial charge in [0.1, 0.15) is 0 Å². The summed E-state index contributed by atoms with van der Waals surface area (Å²) in [6.45, 7) is 8.50. The van der Waals surface area contributed by atoms with Crippen molar-refractivity contribution in [1.29, 1.82) is 0 Å². The van der Waals surface area contributed by atoms with E-state index in [4.69, 9.17) is 0 Å². The Hall–Kier alpha value is -1.59. The molecule has 6 nitrogen and oxygen atoms in total. The number of carbonyl (C=O) groups excluding carboxylic acids is 2. The predicted molar refractivity (Wildman–Crippen MR) is 86.4 cm³/mol. The quantitative estimate of drug-likeness (QED) is 0.657. The molecule has 0 bridgehead atoms. The Labute approximate surface area is 132 Å². The maximum atomic E-state index is 12.6. The molecule has 1 atom stereocenters.